The molecule has 12 nitrogen and oxygen atoms in total. The summed E-state index contributed by atoms with van der Waals surface area (Å²) in [4.78, 5) is 61.3. The van der Waals surface area contributed by atoms with Crippen LogP contribution in [-0.4, -0.2) is 87.2 Å². The van der Waals surface area contributed by atoms with Crippen LogP contribution >= 0.6 is 0 Å². The maximum Gasteiger partial charge on any atom is 0.326 e. The lowest BCUT2D eigenvalue weighted by atomic mass is 9.98. The van der Waals surface area contributed by atoms with Gasteiger partial charge in [0.05, 0.1) is 13.0 Å². The molecule has 0 bridgehead atoms. The van der Waals surface area contributed by atoms with Crippen LogP contribution in [0, 0.1) is 5.92 Å². The van der Waals surface area contributed by atoms with Crippen molar-refractivity contribution in [2.45, 2.75) is 63.7 Å². The van der Waals surface area contributed by atoms with E-state index in [0.717, 1.165) is 0 Å². The summed E-state index contributed by atoms with van der Waals surface area (Å²) in [7, 11) is 0. The quantitative estimate of drug-likeness (QED) is 0.212. The minimum Gasteiger partial charge on any atom is -0.481 e. The average Bonchev–Trinajstić information content (AvgIpc) is 3.18. The van der Waals surface area contributed by atoms with Crippen LogP contribution < -0.4 is 16.4 Å². The van der Waals surface area contributed by atoms with Gasteiger partial charge in [0, 0.05) is 6.54 Å². The molecule has 0 saturated carbocycles. The highest BCUT2D eigenvalue weighted by Gasteiger charge is 2.38. The Hall–Kier alpha value is -2.73. The maximum atomic E-state index is 12.7. The third-order valence-electron chi connectivity index (χ3n) is 5.14. The molecule has 1 saturated heterocycles. The Bertz CT molecular complexity index is 671. The number of aliphatic carboxylic acids is 2. The first-order chi connectivity index (χ1) is 14.0. The Kier molecular flexibility index (Phi) is 9.66. The topological polar surface area (TPSA) is 199 Å². The van der Waals surface area contributed by atoms with Crippen LogP contribution in [0.15, 0.2) is 0 Å². The summed E-state index contributed by atoms with van der Waals surface area (Å²) in [5, 5.41) is 32.1. The molecular formula is C18H30N4O8. The number of aliphatic hydroxyl groups is 1. The van der Waals surface area contributed by atoms with Gasteiger partial charge < -0.3 is 36.6 Å². The number of carboxylic acid groups (broad SMARTS) is 2. The van der Waals surface area contributed by atoms with Gasteiger partial charge in [-0.05, 0) is 18.8 Å². The molecule has 12 heteroatoms. The molecular weight excluding hydrogens is 400 g/mol. The Morgan fingerprint density at radius 1 is 1.17 bits per heavy atom. The lowest BCUT2D eigenvalue weighted by molar-refractivity contribution is -0.145. The van der Waals surface area contributed by atoms with Crippen molar-refractivity contribution >= 4 is 29.7 Å². The van der Waals surface area contributed by atoms with Gasteiger partial charge >= 0.3 is 11.9 Å². The van der Waals surface area contributed by atoms with Crippen LogP contribution in [0.5, 0.6) is 0 Å². The van der Waals surface area contributed by atoms with Gasteiger partial charge in [0.15, 0.2) is 0 Å². The van der Waals surface area contributed by atoms with Gasteiger partial charge in [-0.15, -0.1) is 0 Å². The summed E-state index contributed by atoms with van der Waals surface area (Å²) in [6.45, 7) is 3.00. The number of nitrogens with one attached hydrogen (secondary N) is 2. The second-order valence-electron chi connectivity index (χ2n) is 7.35. The Labute approximate surface area is 173 Å². The molecule has 0 spiro atoms. The SMILES string of the molecule is CCC(C)C(NC(=O)C(CC(=O)O)NC(=O)C1CCCN1C(=O)C(N)CO)C(=O)O. The molecule has 30 heavy (non-hydrogen) atoms. The van der Waals surface area contributed by atoms with Crippen LogP contribution in [0.3, 0.4) is 0 Å². The number of likely N-dealkylation sites (tertiary alicyclic amines) is 1. The Morgan fingerprint density at radius 2 is 1.80 bits per heavy atom. The number of carbonyl (C=O) groups is 5. The zero-order valence-corrected chi connectivity index (χ0v) is 17.0. The third-order valence-corrected chi connectivity index (χ3v) is 5.14. The summed E-state index contributed by atoms with van der Waals surface area (Å²) in [5.41, 5.74) is 5.53. The number of rotatable bonds is 11. The number of carboxylic acids is 2. The van der Waals surface area contributed by atoms with E-state index in [1.165, 1.54) is 4.90 Å². The van der Waals surface area contributed by atoms with Crippen molar-refractivity contribution in [1.29, 1.82) is 0 Å². The number of hydrogen-bond acceptors (Lipinski definition) is 7. The van der Waals surface area contributed by atoms with E-state index in [-0.39, 0.29) is 13.0 Å². The highest BCUT2D eigenvalue weighted by atomic mass is 16.4. The van der Waals surface area contributed by atoms with Crippen molar-refractivity contribution in [2.75, 3.05) is 13.2 Å². The summed E-state index contributed by atoms with van der Waals surface area (Å²) in [5.74, 6) is -5.38. The van der Waals surface area contributed by atoms with E-state index in [9.17, 15) is 29.1 Å². The number of aliphatic hydroxyl groups excluding tert-OH is 1. The van der Waals surface area contributed by atoms with Crippen LogP contribution in [0.2, 0.25) is 0 Å². The largest absolute Gasteiger partial charge is 0.481 e. The molecule has 1 aliphatic rings. The average molecular weight is 430 g/mol. The first-order valence-electron chi connectivity index (χ1n) is 9.75. The molecule has 5 unspecified atom stereocenters. The Morgan fingerprint density at radius 3 is 2.30 bits per heavy atom. The molecule has 1 aliphatic heterocycles. The molecule has 170 valence electrons. The second kappa shape index (κ2) is 11.5. The van der Waals surface area contributed by atoms with Crippen molar-refractivity contribution in [3.63, 3.8) is 0 Å². The molecule has 0 aromatic carbocycles. The fourth-order valence-corrected chi connectivity index (χ4v) is 3.18. The third kappa shape index (κ3) is 6.66. The minimum atomic E-state index is -1.52. The molecule has 0 radical (unpaired) electrons. The summed E-state index contributed by atoms with van der Waals surface area (Å²) in [6, 6.07) is -4.93. The van der Waals surface area contributed by atoms with Crippen molar-refractivity contribution < 1.29 is 39.3 Å². The molecule has 7 N–H and O–H groups in total. The van der Waals surface area contributed by atoms with Crippen LogP contribution in [0.1, 0.15) is 39.5 Å². The van der Waals surface area contributed by atoms with Crippen LogP contribution in [0.4, 0.5) is 0 Å². The fourth-order valence-electron chi connectivity index (χ4n) is 3.18. The van der Waals surface area contributed by atoms with Gasteiger partial charge in [0.25, 0.3) is 0 Å². The number of nitrogens with two attached hydrogens (primary N) is 1. The highest BCUT2D eigenvalue weighted by Crippen LogP contribution is 2.19. The number of carbonyl (C=O) groups excluding carboxylic acids is 3. The van der Waals surface area contributed by atoms with Gasteiger partial charge in [0.1, 0.15) is 24.2 Å². The molecule has 5 atom stereocenters. The Balaban J connectivity index is 2.94. The predicted molar refractivity (Wildman–Crippen MR) is 103 cm³/mol. The van der Waals surface area contributed by atoms with Gasteiger partial charge in [-0.3, -0.25) is 19.2 Å². The number of amides is 3. The molecule has 1 heterocycles. The van der Waals surface area contributed by atoms with Crippen molar-refractivity contribution in [3.8, 4) is 0 Å². The normalized spacial score (nSPS) is 20.0. The van der Waals surface area contributed by atoms with E-state index in [0.29, 0.717) is 12.8 Å². The molecule has 0 aromatic rings. The van der Waals surface area contributed by atoms with Gasteiger partial charge in [-0.1, -0.05) is 20.3 Å². The zero-order valence-electron chi connectivity index (χ0n) is 17.0. The lowest BCUT2D eigenvalue weighted by Crippen LogP contribution is -2.58. The van der Waals surface area contributed by atoms with Gasteiger partial charge in [-0.2, -0.15) is 0 Å². The molecule has 3 amide bonds. The molecule has 0 aromatic heterocycles. The van der Waals surface area contributed by atoms with Gasteiger partial charge in [-0.25, -0.2) is 4.79 Å². The fraction of sp³-hybridized carbons (Fsp3) is 0.722. The molecule has 1 rings (SSSR count). The summed E-state index contributed by atoms with van der Waals surface area (Å²) < 4.78 is 0. The standard InChI is InChI=1S/C18H30N4O8/c1-3-9(2)14(18(29)30)21-15(26)11(7-13(24)25)20-16(27)12-5-4-6-22(12)17(28)10(19)8-23/h9-12,14,23H,3-8,19H2,1-2H3,(H,20,27)(H,21,26)(H,24,25)(H,29,30). The van der Waals surface area contributed by atoms with Gasteiger partial charge in [0.2, 0.25) is 17.7 Å². The highest BCUT2D eigenvalue weighted by molar-refractivity contribution is 5.95. The number of nitrogens with zero attached hydrogens (tertiary/aromatic N) is 1. The summed E-state index contributed by atoms with van der Waals surface area (Å²) in [6.07, 6.45) is 0.466. The first-order valence-corrected chi connectivity index (χ1v) is 9.75. The van der Waals surface area contributed by atoms with Crippen LogP contribution in [-0.2, 0) is 24.0 Å². The van der Waals surface area contributed by atoms with Crippen molar-refractivity contribution in [1.82, 2.24) is 15.5 Å². The first kappa shape index (κ1) is 25.3. The van der Waals surface area contributed by atoms with E-state index >= 15 is 0 Å². The van der Waals surface area contributed by atoms with E-state index in [1.54, 1.807) is 13.8 Å². The second-order valence-corrected chi connectivity index (χ2v) is 7.35. The molecule has 0 aliphatic carbocycles. The van der Waals surface area contributed by atoms with E-state index in [4.69, 9.17) is 15.9 Å². The van der Waals surface area contributed by atoms with E-state index in [2.05, 4.69) is 10.6 Å². The summed E-state index contributed by atoms with van der Waals surface area (Å²) >= 11 is 0. The van der Waals surface area contributed by atoms with E-state index < -0.39 is 72.8 Å². The smallest absolute Gasteiger partial charge is 0.326 e. The number of hydrogen-bond donors (Lipinski definition) is 6. The van der Waals surface area contributed by atoms with Crippen molar-refractivity contribution in [2.24, 2.45) is 11.7 Å². The van der Waals surface area contributed by atoms with Crippen molar-refractivity contribution in [3.05, 3.63) is 0 Å². The molecule has 1 fully saturated rings. The lowest BCUT2D eigenvalue weighted by Gasteiger charge is -2.28. The zero-order chi connectivity index (χ0) is 23.0. The minimum absolute atomic E-state index is 0.232. The maximum absolute atomic E-state index is 12.7. The van der Waals surface area contributed by atoms with Crippen LogP contribution in [0.25, 0.3) is 0 Å². The monoisotopic (exact) mass is 430 g/mol. The van der Waals surface area contributed by atoms with E-state index in [1.807, 2.05) is 0 Å². The predicted octanol–water partition coefficient (Wildman–Crippen LogP) is -2.13.